The fourth-order valence-corrected chi connectivity index (χ4v) is 2.78. The summed E-state index contributed by atoms with van der Waals surface area (Å²) in [6, 6.07) is 10.1. The van der Waals surface area contributed by atoms with Crippen molar-refractivity contribution >= 4 is 5.69 Å². The molecule has 2 N–H and O–H groups in total. The van der Waals surface area contributed by atoms with Crippen molar-refractivity contribution in [3.05, 3.63) is 51.9 Å². The number of anilines is 1. The average molecular weight is 271 g/mol. The second-order valence-electron chi connectivity index (χ2n) is 5.54. The first-order valence-corrected chi connectivity index (χ1v) is 7.35. The van der Waals surface area contributed by atoms with Gasteiger partial charge in [0.25, 0.3) is 5.56 Å². The van der Waals surface area contributed by atoms with E-state index in [0.717, 1.165) is 37.1 Å². The summed E-state index contributed by atoms with van der Waals surface area (Å²) >= 11 is 0. The zero-order chi connectivity index (χ0) is 14.1. The van der Waals surface area contributed by atoms with Crippen molar-refractivity contribution in [3.63, 3.8) is 0 Å². The Morgan fingerprint density at radius 2 is 1.90 bits per heavy atom. The van der Waals surface area contributed by atoms with Gasteiger partial charge in [0.15, 0.2) is 0 Å². The Kier molecular flexibility index (Phi) is 3.38. The van der Waals surface area contributed by atoms with E-state index in [4.69, 9.17) is 5.73 Å². The Bertz CT molecular complexity index is 650. The van der Waals surface area contributed by atoms with E-state index in [1.165, 1.54) is 0 Å². The molecule has 1 aromatic heterocycles. The molecule has 1 heterocycles. The summed E-state index contributed by atoms with van der Waals surface area (Å²) in [6.07, 6.45) is 3.31. The van der Waals surface area contributed by atoms with E-state index in [0.29, 0.717) is 18.2 Å². The molecule has 1 fully saturated rings. The minimum atomic E-state index is -0.0378. The summed E-state index contributed by atoms with van der Waals surface area (Å²) < 4.78 is 3.92. The zero-order valence-electron chi connectivity index (χ0n) is 11.9. The molecule has 3 rings (SSSR count). The lowest BCUT2D eigenvalue weighted by atomic mass is 10.2. The highest BCUT2D eigenvalue weighted by molar-refractivity contribution is 5.45. The van der Waals surface area contributed by atoms with E-state index in [-0.39, 0.29) is 5.56 Å². The van der Waals surface area contributed by atoms with Gasteiger partial charge in [-0.3, -0.25) is 9.48 Å². The molecule has 0 amide bonds. The number of nitrogen functional groups attached to an aromatic ring is 1. The number of hydrogen-bond acceptors (Lipinski definition) is 2. The third kappa shape index (κ3) is 2.26. The number of nitrogens with two attached hydrogens (primary N) is 1. The molecule has 1 saturated carbocycles. The topological polar surface area (TPSA) is 52.9 Å². The van der Waals surface area contributed by atoms with Crippen molar-refractivity contribution < 1.29 is 0 Å². The molecule has 1 aliphatic rings. The summed E-state index contributed by atoms with van der Waals surface area (Å²) in [5.41, 5.74) is 8.69. The molecule has 106 valence electrons. The molecular weight excluding hydrogens is 250 g/mol. The summed E-state index contributed by atoms with van der Waals surface area (Å²) in [6.45, 7) is 3.58. The number of nitrogens with zero attached hydrogens (tertiary/aromatic N) is 2. The average Bonchev–Trinajstić information content (AvgIpc) is 3.26. The predicted octanol–water partition coefficient (Wildman–Crippen LogP) is 2.57. The van der Waals surface area contributed by atoms with E-state index < -0.39 is 0 Å². The highest BCUT2D eigenvalue weighted by Gasteiger charge is 2.32. The minimum Gasteiger partial charge on any atom is -0.393 e. The summed E-state index contributed by atoms with van der Waals surface area (Å²) in [5, 5.41) is 0. The second kappa shape index (κ2) is 5.19. The van der Waals surface area contributed by atoms with Crippen molar-refractivity contribution in [2.24, 2.45) is 0 Å². The number of hydrogen-bond donors (Lipinski definition) is 1. The van der Waals surface area contributed by atoms with Crippen LogP contribution in [0.15, 0.2) is 35.1 Å². The molecule has 0 aliphatic heterocycles. The molecule has 0 bridgehead atoms. The molecule has 4 nitrogen and oxygen atoms in total. The molecule has 0 spiro atoms. The molecule has 0 atom stereocenters. The summed E-state index contributed by atoms with van der Waals surface area (Å²) in [5.74, 6) is 0.492. The minimum absolute atomic E-state index is 0.0378. The van der Waals surface area contributed by atoms with Crippen LogP contribution < -0.4 is 11.3 Å². The first-order valence-electron chi connectivity index (χ1n) is 7.35. The number of benzene rings is 1. The first kappa shape index (κ1) is 13.0. The van der Waals surface area contributed by atoms with Crippen LogP contribution in [-0.2, 0) is 13.1 Å². The van der Waals surface area contributed by atoms with Crippen LogP contribution in [-0.4, -0.2) is 9.36 Å². The fourth-order valence-electron chi connectivity index (χ4n) is 2.78. The highest BCUT2D eigenvalue weighted by atomic mass is 16.1. The van der Waals surface area contributed by atoms with Crippen LogP contribution in [0.4, 0.5) is 5.69 Å². The molecular formula is C16H21N3O. The van der Waals surface area contributed by atoms with Crippen LogP contribution in [0.25, 0.3) is 0 Å². The summed E-state index contributed by atoms with van der Waals surface area (Å²) in [4.78, 5) is 12.4. The van der Waals surface area contributed by atoms with E-state index >= 15 is 0 Å². The van der Waals surface area contributed by atoms with Crippen LogP contribution >= 0.6 is 0 Å². The SMILES string of the molecule is CCCn1c(C2CC2)c(N)c(=O)n1Cc1ccccc1. The zero-order valence-corrected chi connectivity index (χ0v) is 11.9. The van der Waals surface area contributed by atoms with Gasteiger partial charge in [-0.05, 0) is 24.8 Å². The van der Waals surface area contributed by atoms with E-state index in [1.807, 2.05) is 35.0 Å². The van der Waals surface area contributed by atoms with Gasteiger partial charge in [0.2, 0.25) is 0 Å². The van der Waals surface area contributed by atoms with Gasteiger partial charge >= 0.3 is 0 Å². The maximum atomic E-state index is 12.4. The van der Waals surface area contributed by atoms with Crippen LogP contribution in [0.3, 0.4) is 0 Å². The van der Waals surface area contributed by atoms with Crippen LogP contribution in [0, 0.1) is 0 Å². The maximum Gasteiger partial charge on any atom is 0.290 e. The third-order valence-electron chi connectivity index (χ3n) is 3.88. The third-order valence-corrected chi connectivity index (χ3v) is 3.88. The molecule has 1 aliphatic carbocycles. The van der Waals surface area contributed by atoms with Gasteiger partial charge in [0.05, 0.1) is 12.2 Å². The van der Waals surface area contributed by atoms with Crippen LogP contribution in [0.2, 0.25) is 0 Å². The molecule has 1 aromatic carbocycles. The van der Waals surface area contributed by atoms with Crippen molar-refractivity contribution in [3.8, 4) is 0 Å². The Balaban J connectivity index is 2.05. The Hall–Kier alpha value is -1.97. The monoisotopic (exact) mass is 271 g/mol. The Morgan fingerprint density at radius 3 is 2.50 bits per heavy atom. The van der Waals surface area contributed by atoms with Crippen molar-refractivity contribution in [2.75, 3.05) is 5.73 Å². The second-order valence-corrected chi connectivity index (χ2v) is 5.54. The maximum absolute atomic E-state index is 12.4. The Morgan fingerprint density at radius 1 is 1.20 bits per heavy atom. The normalized spacial score (nSPS) is 14.7. The smallest absolute Gasteiger partial charge is 0.290 e. The van der Waals surface area contributed by atoms with Gasteiger partial charge in [-0.25, -0.2) is 4.68 Å². The van der Waals surface area contributed by atoms with Crippen molar-refractivity contribution in [2.45, 2.75) is 45.2 Å². The van der Waals surface area contributed by atoms with E-state index in [1.54, 1.807) is 0 Å². The highest BCUT2D eigenvalue weighted by Crippen LogP contribution is 2.42. The number of rotatable bonds is 5. The van der Waals surface area contributed by atoms with Crippen molar-refractivity contribution in [1.29, 1.82) is 0 Å². The van der Waals surface area contributed by atoms with Gasteiger partial charge < -0.3 is 5.73 Å². The lowest BCUT2D eigenvalue weighted by Gasteiger charge is -2.14. The van der Waals surface area contributed by atoms with Gasteiger partial charge in [-0.15, -0.1) is 0 Å². The lowest BCUT2D eigenvalue weighted by Crippen LogP contribution is -2.25. The van der Waals surface area contributed by atoms with Gasteiger partial charge in [0.1, 0.15) is 5.69 Å². The largest absolute Gasteiger partial charge is 0.393 e. The standard InChI is InChI=1S/C16H21N3O/c1-2-10-18-15(13-8-9-13)14(17)16(20)19(18)11-12-6-4-3-5-7-12/h3-7,13H,2,8-11,17H2,1H3. The molecule has 0 unspecified atom stereocenters. The molecule has 4 heteroatoms. The van der Waals surface area contributed by atoms with Gasteiger partial charge in [-0.2, -0.15) is 0 Å². The number of aromatic nitrogens is 2. The predicted molar refractivity (Wildman–Crippen MR) is 80.9 cm³/mol. The van der Waals surface area contributed by atoms with Gasteiger partial charge in [0, 0.05) is 12.5 Å². The molecule has 0 radical (unpaired) electrons. The lowest BCUT2D eigenvalue weighted by molar-refractivity contribution is 0.450. The quantitative estimate of drug-likeness (QED) is 0.908. The van der Waals surface area contributed by atoms with E-state index in [2.05, 4.69) is 11.6 Å². The molecule has 0 saturated heterocycles. The first-order chi connectivity index (χ1) is 9.72. The van der Waals surface area contributed by atoms with E-state index in [9.17, 15) is 4.79 Å². The fraction of sp³-hybridized carbons (Fsp3) is 0.438. The summed E-state index contributed by atoms with van der Waals surface area (Å²) in [7, 11) is 0. The van der Waals surface area contributed by atoms with Crippen LogP contribution in [0.1, 0.15) is 43.4 Å². The molecule has 2 aromatic rings. The van der Waals surface area contributed by atoms with Crippen molar-refractivity contribution in [1.82, 2.24) is 9.36 Å². The van der Waals surface area contributed by atoms with Gasteiger partial charge in [-0.1, -0.05) is 37.3 Å². The Labute approximate surface area is 118 Å². The van der Waals surface area contributed by atoms with Crippen LogP contribution in [0.5, 0.6) is 0 Å². The molecule has 20 heavy (non-hydrogen) atoms.